The van der Waals surface area contributed by atoms with Crippen LogP contribution in [0.15, 0.2) is 30.7 Å². The molecule has 2 heterocycles. The molecule has 5 nitrogen and oxygen atoms in total. The molecule has 1 amide bonds. The third-order valence-electron chi connectivity index (χ3n) is 4.63. The molecule has 2 aromatic rings. The largest absolute Gasteiger partial charge is 0.434 e. The van der Waals surface area contributed by atoms with Crippen LogP contribution < -0.4 is 0 Å². The molecule has 1 N–H and O–H groups in total. The quantitative estimate of drug-likeness (QED) is 0.637. The normalized spacial score (nSPS) is 12.8. The van der Waals surface area contributed by atoms with E-state index in [-0.39, 0.29) is 30.4 Å². The molecule has 0 aliphatic carbocycles. The Morgan fingerprint density at radius 3 is 2.53 bits per heavy atom. The average Bonchev–Trinajstić information content (AvgIpc) is 2.66. The van der Waals surface area contributed by atoms with Gasteiger partial charge in [-0.15, -0.1) is 0 Å². The van der Waals surface area contributed by atoms with Gasteiger partial charge in [0.1, 0.15) is 0 Å². The predicted octanol–water partition coefficient (Wildman–Crippen LogP) is 4.79. The van der Waals surface area contributed by atoms with Crippen molar-refractivity contribution in [2.45, 2.75) is 51.8 Å². The minimum absolute atomic E-state index is 0.0554. The van der Waals surface area contributed by atoms with Crippen LogP contribution in [0.5, 0.6) is 0 Å². The van der Waals surface area contributed by atoms with Gasteiger partial charge in [0.25, 0.3) is 0 Å². The topological polar surface area (TPSA) is 66.3 Å². The lowest BCUT2D eigenvalue weighted by Gasteiger charge is -2.26. The Morgan fingerprint density at radius 2 is 1.97 bits per heavy atom. The van der Waals surface area contributed by atoms with Gasteiger partial charge in [0, 0.05) is 30.7 Å². The number of rotatable bonds is 8. The van der Waals surface area contributed by atoms with E-state index in [1.165, 1.54) is 4.90 Å². The number of aliphatic hydroxyl groups excluding tert-OH is 1. The van der Waals surface area contributed by atoms with E-state index in [1.54, 1.807) is 12.4 Å². The lowest BCUT2D eigenvalue weighted by atomic mass is 9.95. The molecule has 2 aromatic heterocycles. The molecule has 0 bridgehead atoms. The van der Waals surface area contributed by atoms with Crippen molar-refractivity contribution in [1.29, 1.82) is 0 Å². The van der Waals surface area contributed by atoms with E-state index in [0.717, 1.165) is 17.8 Å². The van der Waals surface area contributed by atoms with E-state index >= 15 is 0 Å². The molecule has 30 heavy (non-hydrogen) atoms. The number of alkyl halides is 3. The Morgan fingerprint density at radius 1 is 1.27 bits per heavy atom. The number of carbonyl (C=O) groups excluding carboxylic acids is 1. The van der Waals surface area contributed by atoms with Crippen molar-refractivity contribution in [3.05, 3.63) is 58.1 Å². The van der Waals surface area contributed by atoms with Crippen molar-refractivity contribution >= 4 is 17.5 Å². The molecule has 0 aromatic carbocycles. The third kappa shape index (κ3) is 6.15. The van der Waals surface area contributed by atoms with Crippen molar-refractivity contribution in [3.8, 4) is 0 Å². The van der Waals surface area contributed by atoms with Gasteiger partial charge in [-0.2, -0.15) is 13.2 Å². The van der Waals surface area contributed by atoms with E-state index < -0.39 is 23.0 Å². The van der Waals surface area contributed by atoms with Crippen LogP contribution in [0.25, 0.3) is 0 Å². The van der Waals surface area contributed by atoms with Gasteiger partial charge in [-0.05, 0) is 35.6 Å². The van der Waals surface area contributed by atoms with Gasteiger partial charge >= 0.3 is 6.18 Å². The zero-order valence-corrected chi connectivity index (χ0v) is 17.8. The number of aromatic nitrogens is 2. The van der Waals surface area contributed by atoms with Crippen LogP contribution in [0.2, 0.25) is 5.02 Å². The molecule has 0 aliphatic rings. The second-order valence-corrected chi connectivity index (χ2v) is 7.77. The number of hydrogen-bond acceptors (Lipinski definition) is 4. The molecule has 2 rings (SSSR count). The summed E-state index contributed by atoms with van der Waals surface area (Å²) >= 11 is 5.70. The third-order valence-corrected chi connectivity index (χ3v) is 4.92. The maximum atomic E-state index is 12.8. The van der Waals surface area contributed by atoms with Crippen LogP contribution >= 0.6 is 11.6 Å². The van der Waals surface area contributed by atoms with Crippen molar-refractivity contribution < 1.29 is 23.1 Å². The highest BCUT2D eigenvalue weighted by Gasteiger charge is 2.35. The second kappa shape index (κ2) is 10.2. The summed E-state index contributed by atoms with van der Waals surface area (Å²) in [6.45, 7) is 6.35. The molecule has 0 fully saturated rings. The first-order valence-corrected chi connectivity index (χ1v) is 10.0. The van der Waals surface area contributed by atoms with Gasteiger partial charge in [-0.25, -0.2) is 0 Å². The highest BCUT2D eigenvalue weighted by molar-refractivity contribution is 6.31. The van der Waals surface area contributed by atoms with Gasteiger partial charge < -0.3 is 10.0 Å². The smallest absolute Gasteiger partial charge is 0.386 e. The molecule has 0 saturated heterocycles. The minimum atomic E-state index is -4.66. The molecule has 0 saturated carbocycles. The Bertz CT molecular complexity index is 875. The number of hydrogen-bond donors (Lipinski definition) is 1. The number of nitrogens with zero attached hydrogens (tertiary/aromatic N) is 3. The van der Waals surface area contributed by atoms with Crippen LogP contribution in [0, 0.1) is 0 Å². The standard InChI is InChI=1S/C21H25ClF3N3O2/c1-4-7-28(12-18(29)16-11-26-6-5-15(16)13(2)3)19(30)9-14-8-17(22)20(27-10-14)21(23,24)25/h5-6,8,10-11,13,18,29H,4,7,9,12H2,1-3H3. The molecule has 0 aliphatic heterocycles. The van der Waals surface area contributed by atoms with E-state index in [2.05, 4.69) is 9.97 Å². The maximum absolute atomic E-state index is 12.8. The van der Waals surface area contributed by atoms with Crippen LogP contribution in [0.3, 0.4) is 0 Å². The number of amides is 1. The number of halogens is 4. The van der Waals surface area contributed by atoms with E-state index in [1.807, 2.05) is 26.8 Å². The SMILES string of the molecule is CCCN(CC(O)c1cnccc1C(C)C)C(=O)Cc1cnc(C(F)(F)F)c(Cl)c1. The number of pyridine rings is 2. The van der Waals surface area contributed by atoms with Crippen LogP contribution in [-0.4, -0.2) is 39.0 Å². The fourth-order valence-corrected chi connectivity index (χ4v) is 3.48. The lowest BCUT2D eigenvalue weighted by molar-refractivity contribution is -0.141. The zero-order chi connectivity index (χ0) is 22.5. The first-order chi connectivity index (χ1) is 14.0. The molecule has 0 radical (unpaired) electrons. The van der Waals surface area contributed by atoms with Crippen LogP contribution in [-0.2, 0) is 17.4 Å². The number of carbonyl (C=O) groups is 1. The zero-order valence-electron chi connectivity index (χ0n) is 17.1. The molecule has 9 heteroatoms. The molecular weight excluding hydrogens is 419 g/mol. The van der Waals surface area contributed by atoms with Crippen molar-refractivity contribution in [3.63, 3.8) is 0 Å². The monoisotopic (exact) mass is 443 g/mol. The summed E-state index contributed by atoms with van der Waals surface area (Å²) in [6.07, 6.45) is -0.839. The molecular formula is C21H25ClF3N3O2. The van der Waals surface area contributed by atoms with E-state index in [9.17, 15) is 23.1 Å². The maximum Gasteiger partial charge on any atom is 0.434 e. The summed E-state index contributed by atoms with van der Waals surface area (Å²) in [5.74, 6) is -0.156. The Balaban J connectivity index is 2.16. The van der Waals surface area contributed by atoms with Crippen molar-refractivity contribution in [1.82, 2.24) is 14.9 Å². The Kier molecular flexibility index (Phi) is 8.20. The first kappa shape index (κ1) is 24.1. The van der Waals surface area contributed by atoms with Gasteiger partial charge in [0.2, 0.25) is 5.91 Å². The summed E-state index contributed by atoms with van der Waals surface area (Å²) in [6, 6.07) is 2.94. The minimum Gasteiger partial charge on any atom is -0.386 e. The summed E-state index contributed by atoms with van der Waals surface area (Å²) < 4.78 is 38.4. The fourth-order valence-electron chi connectivity index (χ4n) is 3.19. The second-order valence-electron chi connectivity index (χ2n) is 7.36. The molecule has 1 atom stereocenters. The fraction of sp³-hybridized carbons (Fsp3) is 0.476. The summed E-state index contributed by atoms with van der Waals surface area (Å²) in [5, 5.41) is 10.2. The highest BCUT2D eigenvalue weighted by Crippen LogP contribution is 2.33. The van der Waals surface area contributed by atoms with Gasteiger partial charge in [-0.1, -0.05) is 32.4 Å². The van der Waals surface area contributed by atoms with Crippen LogP contribution in [0.1, 0.15) is 61.6 Å². The lowest BCUT2D eigenvalue weighted by Crippen LogP contribution is -2.36. The average molecular weight is 444 g/mol. The first-order valence-electron chi connectivity index (χ1n) is 9.65. The van der Waals surface area contributed by atoms with Crippen LogP contribution in [0.4, 0.5) is 13.2 Å². The summed E-state index contributed by atoms with van der Waals surface area (Å²) in [5.41, 5.74) is 0.692. The van der Waals surface area contributed by atoms with Crippen molar-refractivity contribution in [2.24, 2.45) is 0 Å². The molecule has 164 valence electrons. The van der Waals surface area contributed by atoms with E-state index in [0.29, 0.717) is 18.5 Å². The Labute approximate surface area is 178 Å². The van der Waals surface area contributed by atoms with Gasteiger partial charge in [0.05, 0.1) is 24.1 Å². The highest BCUT2D eigenvalue weighted by atomic mass is 35.5. The number of aliphatic hydroxyl groups is 1. The Hall–Kier alpha value is -2.19. The predicted molar refractivity (Wildman–Crippen MR) is 108 cm³/mol. The summed E-state index contributed by atoms with van der Waals surface area (Å²) in [7, 11) is 0. The summed E-state index contributed by atoms with van der Waals surface area (Å²) in [4.78, 5) is 21.7. The van der Waals surface area contributed by atoms with Gasteiger partial charge in [-0.3, -0.25) is 14.8 Å². The van der Waals surface area contributed by atoms with Crippen molar-refractivity contribution in [2.75, 3.05) is 13.1 Å². The molecule has 0 spiro atoms. The molecule has 1 unspecified atom stereocenters. The van der Waals surface area contributed by atoms with E-state index in [4.69, 9.17) is 11.6 Å². The van der Waals surface area contributed by atoms with Gasteiger partial charge in [0.15, 0.2) is 5.69 Å².